The Hall–Kier alpha value is -2.63. The van der Waals surface area contributed by atoms with E-state index < -0.39 is 6.04 Å². The van der Waals surface area contributed by atoms with Gasteiger partial charge in [-0.3, -0.25) is 14.3 Å². The summed E-state index contributed by atoms with van der Waals surface area (Å²) in [6, 6.07) is 11.0. The molecule has 1 fully saturated rings. The van der Waals surface area contributed by atoms with E-state index in [0.717, 1.165) is 31.2 Å². The standard InChI is InChI=1S/C22H30N4O2/c1-2-26-19(14-15-24-26)21(27)25-20(18-12-8-3-4-9-13-18)22(28)23-16-17-10-6-5-7-11-17/h5-7,10-11,14-15,18,20H,2-4,8-9,12-13,16H2,1H3,(H,23,28)(H,25,27). The lowest BCUT2D eigenvalue weighted by Crippen LogP contribution is -2.51. The normalized spacial score (nSPS) is 16.2. The van der Waals surface area contributed by atoms with Crippen LogP contribution in [0.3, 0.4) is 0 Å². The molecule has 1 aromatic carbocycles. The second kappa shape index (κ2) is 10.1. The molecule has 0 saturated heterocycles. The molecule has 1 aliphatic rings. The number of amides is 2. The second-order valence-electron chi connectivity index (χ2n) is 7.44. The molecule has 1 atom stereocenters. The molecule has 3 rings (SSSR count). The molecule has 0 aliphatic heterocycles. The molecule has 1 aromatic heterocycles. The zero-order valence-corrected chi connectivity index (χ0v) is 16.6. The Balaban J connectivity index is 1.72. The molecule has 1 saturated carbocycles. The predicted octanol–water partition coefficient (Wildman–Crippen LogP) is 3.29. The topological polar surface area (TPSA) is 76.0 Å². The molecule has 150 valence electrons. The van der Waals surface area contributed by atoms with Crippen molar-refractivity contribution in [3.63, 3.8) is 0 Å². The summed E-state index contributed by atoms with van der Waals surface area (Å²) in [4.78, 5) is 25.9. The van der Waals surface area contributed by atoms with Crippen LogP contribution in [0.5, 0.6) is 0 Å². The number of hydrogen-bond acceptors (Lipinski definition) is 3. The third kappa shape index (κ3) is 5.21. The summed E-state index contributed by atoms with van der Waals surface area (Å²) >= 11 is 0. The third-order valence-corrected chi connectivity index (χ3v) is 5.50. The van der Waals surface area contributed by atoms with Crippen molar-refractivity contribution in [3.05, 3.63) is 53.9 Å². The third-order valence-electron chi connectivity index (χ3n) is 5.50. The Morgan fingerprint density at radius 3 is 2.50 bits per heavy atom. The molecule has 0 radical (unpaired) electrons. The number of aromatic nitrogens is 2. The van der Waals surface area contributed by atoms with Gasteiger partial charge >= 0.3 is 0 Å². The first-order chi connectivity index (χ1) is 13.7. The maximum absolute atomic E-state index is 13.0. The maximum Gasteiger partial charge on any atom is 0.270 e. The monoisotopic (exact) mass is 382 g/mol. The first kappa shape index (κ1) is 20.1. The number of carbonyl (C=O) groups is 2. The van der Waals surface area contributed by atoms with Gasteiger partial charge in [-0.15, -0.1) is 0 Å². The smallest absolute Gasteiger partial charge is 0.270 e. The SMILES string of the molecule is CCn1nccc1C(=O)NC(C(=O)NCc1ccccc1)C1CCCCCC1. The average Bonchev–Trinajstić information content (AvgIpc) is 3.05. The Labute approximate surface area is 166 Å². The number of nitrogens with one attached hydrogen (secondary N) is 2. The van der Waals surface area contributed by atoms with Crippen molar-refractivity contribution in [2.75, 3.05) is 0 Å². The largest absolute Gasteiger partial charge is 0.350 e. The van der Waals surface area contributed by atoms with Gasteiger partial charge in [-0.05, 0) is 37.3 Å². The first-order valence-corrected chi connectivity index (χ1v) is 10.3. The second-order valence-corrected chi connectivity index (χ2v) is 7.44. The van der Waals surface area contributed by atoms with Crippen molar-refractivity contribution in [2.24, 2.45) is 5.92 Å². The fourth-order valence-corrected chi connectivity index (χ4v) is 3.93. The molecule has 1 heterocycles. The molecule has 1 aliphatic carbocycles. The molecule has 2 aromatic rings. The van der Waals surface area contributed by atoms with Gasteiger partial charge in [0, 0.05) is 19.3 Å². The van der Waals surface area contributed by atoms with Crippen LogP contribution in [0.25, 0.3) is 0 Å². The van der Waals surface area contributed by atoms with Crippen LogP contribution in [0.2, 0.25) is 0 Å². The van der Waals surface area contributed by atoms with Gasteiger partial charge in [-0.25, -0.2) is 0 Å². The van der Waals surface area contributed by atoms with Gasteiger partial charge in [0.2, 0.25) is 5.91 Å². The number of rotatable bonds is 7. The lowest BCUT2D eigenvalue weighted by molar-refractivity contribution is -0.124. The predicted molar refractivity (Wildman–Crippen MR) is 109 cm³/mol. The highest BCUT2D eigenvalue weighted by Gasteiger charge is 2.31. The molecule has 0 bridgehead atoms. The van der Waals surface area contributed by atoms with Crippen LogP contribution in [0, 0.1) is 5.92 Å². The van der Waals surface area contributed by atoms with Gasteiger partial charge in [0.15, 0.2) is 0 Å². The van der Waals surface area contributed by atoms with Crippen LogP contribution >= 0.6 is 0 Å². The Kier molecular flexibility index (Phi) is 7.23. The minimum Gasteiger partial charge on any atom is -0.350 e. The zero-order valence-electron chi connectivity index (χ0n) is 16.6. The van der Waals surface area contributed by atoms with Gasteiger partial charge in [0.05, 0.1) is 0 Å². The number of hydrogen-bond donors (Lipinski definition) is 2. The molecule has 28 heavy (non-hydrogen) atoms. The highest BCUT2D eigenvalue weighted by atomic mass is 16.2. The number of nitrogens with zero attached hydrogens (tertiary/aromatic N) is 2. The van der Waals surface area contributed by atoms with E-state index in [2.05, 4.69) is 15.7 Å². The first-order valence-electron chi connectivity index (χ1n) is 10.3. The number of carbonyl (C=O) groups excluding carboxylic acids is 2. The van der Waals surface area contributed by atoms with Crippen LogP contribution in [0.15, 0.2) is 42.6 Å². The van der Waals surface area contributed by atoms with Crippen molar-refractivity contribution in [2.45, 2.75) is 64.6 Å². The molecule has 2 amide bonds. The van der Waals surface area contributed by atoms with E-state index >= 15 is 0 Å². The van der Waals surface area contributed by atoms with Crippen LogP contribution in [0.1, 0.15) is 61.5 Å². The van der Waals surface area contributed by atoms with E-state index in [1.54, 1.807) is 16.9 Å². The summed E-state index contributed by atoms with van der Waals surface area (Å²) in [5.41, 5.74) is 1.54. The highest BCUT2D eigenvalue weighted by Crippen LogP contribution is 2.26. The van der Waals surface area contributed by atoms with E-state index in [1.165, 1.54) is 12.8 Å². The highest BCUT2D eigenvalue weighted by molar-refractivity contribution is 5.96. The van der Waals surface area contributed by atoms with Crippen LogP contribution in [-0.4, -0.2) is 27.6 Å². The lowest BCUT2D eigenvalue weighted by atomic mass is 9.91. The molecule has 6 heteroatoms. The maximum atomic E-state index is 13.0. The number of benzene rings is 1. The summed E-state index contributed by atoms with van der Waals surface area (Å²) in [7, 11) is 0. The quantitative estimate of drug-likeness (QED) is 0.722. The molecule has 2 N–H and O–H groups in total. The molecule has 0 spiro atoms. The van der Waals surface area contributed by atoms with Gasteiger partial charge in [-0.2, -0.15) is 5.10 Å². The summed E-state index contributed by atoms with van der Waals surface area (Å²) < 4.78 is 1.65. The van der Waals surface area contributed by atoms with E-state index in [9.17, 15) is 9.59 Å². The van der Waals surface area contributed by atoms with Gasteiger partial charge < -0.3 is 10.6 Å². The summed E-state index contributed by atoms with van der Waals surface area (Å²) in [5.74, 6) is -0.171. The fraction of sp³-hybridized carbons (Fsp3) is 0.500. The molecule has 1 unspecified atom stereocenters. The van der Waals surface area contributed by atoms with Crippen molar-refractivity contribution in [1.82, 2.24) is 20.4 Å². The van der Waals surface area contributed by atoms with Crippen molar-refractivity contribution in [3.8, 4) is 0 Å². The molecular formula is C22H30N4O2. The average molecular weight is 383 g/mol. The van der Waals surface area contributed by atoms with E-state index in [-0.39, 0.29) is 17.7 Å². The van der Waals surface area contributed by atoms with Crippen LogP contribution in [-0.2, 0) is 17.9 Å². The summed E-state index contributed by atoms with van der Waals surface area (Å²) in [6.45, 7) is 3.02. The minimum absolute atomic E-state index is 0.105. The van der Waals surface area contributed by atoms with Gasteiger partial charge in [0.25, 0.3) is 5.91 Å². The van der Waals surface area contributed by atoms with E-state index in [4.69, 9.17) is 0 Å². The molecular weight excluding hydrogens is 352 g/mol. The molecule has 6 nitrogen and oxygen atoms in total. The van der Waals surface area contributed by atoms with E-state index in [1.807, 2.05) is 37.3 Å². The summed E-state index contributed by atoms with van der Waals surface area (Å²) in [6.07, 6.45) is 8.17. The fourth-order valence-electron chi connectivity index (χ4n) is 3.93. The summed E-state index contributed by atoms with van der Waals surface area (Å²) in [5, 5.41) is 10.2. The van der Waals surface area contributed by atoms with Gasteiger partial charge in [0.1, 0.15) is 11.7 Å². The Bertz CT molecular complexity index is 764. The zero-order chi connectivity index (χ0) is 19.8. The van der Waals surface area contributed by atoms with Crippen molar-refractivity contribution >= 4 is 11.8 Å². The van der Waals surface area contributed by atoms with Crippen molar-refractivity contribution in [1.29, 1.82) is 0 Å². The minimum atomic E-state index is -0.519. The number of aryl methyl sites for hydroxylation is 1. The van der Waals surface area contributed by atoms with Crippen LogP contribution < -0.4 is 10.6 Å². The van der Waals surface area contributed by atoms with E-state index in [0.29, 0.717) is 18.8 Å². The van der Waals surface area contributed by atoms with Crippen molar-refractivity contribution < 1.29 is 9.59 Å². The lowest BCUT2D eigenvalue weighted by Gasteiger charge is -2.26. The van der Waals surface area contributed by atoms with Crippen LogP contribution in [0.4, 0.5) is 0 Å². The Morgan fingerprint density at radius 2 is 1.82 bits per heavy atom. The van der Waals surface area contributed by atoms with Gasteiger partial charge in [-0.1, -0.05) is 56.0 Å². The Morgan fingerprint density at radius 1 is 1.11 bits per heavy atom.